The maximum atomic E-state index is 6.31. The number of aryl methyl sites for hydroxylation is 2. The molecule has 0 fully saturated rings. The summed E-state index contributed by atoms with van der Waals surface area (Å²) in [4.78, 5) is 4.38. The van der Waals surface area contributed by atoms with E-state index < -0.39 is 0 Å². The summed E-state index contributed by atoms with van der Waals surface area (Å²) in [6.45, 7) is 4.43. The van der Waals surface area contributed by atoms with Gasteiger partial charge in [0.1, 0.15) is 18.1 Å². The molecule has 3 rings (SSSR count). The minimum atomic E-state index is -0.0672. The van der Waals surface area contributed by atoms with Crippen molar-refractivity contribution in [3.05, 3.63) is 41.3 Å². The predicted molar refractivity (Wildman–Crippen MR) is 74.5 cm³/mol. The summed E-state index contributed by atoms with van der Waals surface area (Å²) in [7, 11) is 0. The SMILES string of the molecule is Cc1nc(SC2COc3ccccc3C2N)oc1C. The molecule has 1 aromatic heterocycles. The number of thioether (sulfide) groups is 1. The quantitative estimate of drug-likeness (QED) is 0.914. The van der Waals surface area contributed by atoms with Crippen LogP contribution in [0.4, 0.5) is 0 Å². The lowest BCUT2D eigenvalue weighted by Crippen LogP contribution is -2.33. The van der Waals surface area contributed by atoms with Crippen LogP contribution in [0.1, 0.15) is 23.1 Å². The molecule has 4 nitrogen and oxygen atoms in total. The fourth-order valence-electron chi connectivity index (χ4n) is 2.09. The van der Waals surface area contributed by atoms with Crippen molar-refractivity contribution >= 4 is 11.8 Å². The Balaban J connectivity index is 1.80. The van der Waals surface area contributed by atoms with E-state index in [1.807, 2.05) is 38.1 Å². The Morgan fingerprint density at radius 2 is 2.11 bits per heavy atom. The lowest BCUT2D eigenvalue weighted by atomic mass is 10.0. The number of nitrogens with two attached hydrogens (primary N) is 1. The second-order valence-electron chi connectivity index (χ2n) is 4.65. The third-order valence-electron chi connectivity index (χ3n) is 3.34. The van der Waals surface area contributed by atoms with Crippen LogP contribution in [0.15, 0.2) is 33.9 Å². The first-order valence-electron chi connectivity index (χ1n) is 6.23. The second kappa shape index (κ2) is 4.90. The number of rotatable bonds is 2. The van der Waals surface area contributed by atoms with E-state index in [-0.39, 0.29) is 11.3 Å². The fourth-order valence-corrected chi connectivity index (χ4v) is 3.14. The van der Waals surface area contributed by atoms with Crippen molar-refractivity contribution in [1.82, 2.24) is 4.98 Å². The van der Waals surface area contributed by atoms with Crippen molar-refractivity contribution in [3.8, 4) is 5.75 Å². The number of hydrogen-bond acceptors (Lipinski definition) is 5. The number of aromatic nitrogens is 1. The van der Waals surface area contributed by atoms with E-state index in [1.54, 1.807) is 11.8 Å². The molecule has 1 aliphatic heterocycles. The molecule has 0 aliphatic carbocycles. The van der Waals surface area contributed by atoms with E-state index in [1.165, 1.54) is 0 Å². The van der Waals surface area contributed by atoms with Crippen molar-refractivity contribution in [3.63, 3.8) is 0 Å². The van der Waals surface area contributed by atoms with Gasteiger partial charge < -0.3 is 14.9 Å². The molecular weight excluding hydrogens is 260 g/mol. The highest BCUT2D eigenvalue weighted by Gasteiger charge is 2.30. The third-order valence-corrected chi connectivity index (χ3v) is 4.45. The van der Waals surface area contributed by atoms with Crippen LogP contribution in [0.25, 0.3) is 0 Å². The van der Waals surface area contributed by atoms with Gasteiger partial charge in [-0.05, 0) is 19.9 Å². The molecule has 0 radical (unpaired) electrons. The Morgan fingerprint density at radius 3 is 2.84 bits per heavy atom. The largest absolute Gasteiger partial charge is 0.492 e. The van der Waals surface area contributed by atoms with E-state index >= 15 is 0 Å². The number of fused-ring (bicyclic) bond motifs is 1. The van der Waals surface area contributed by atoms with Gasteiger partial charge in [-0.3, -0.25) is 0 Å². The number of ether oxygens (including phenoxy) is 1. The number of benzene rings is 1. The normalized spacial score (nSPS) is 21.8. The van der Waals surface area contributed by atoms with Gasteiger partial charge in [0, 0.05) is 11.6 Å². The maximum absolute atomic E-state index is 6.31. The summed E-state index contributed by atoms with van der Waals surface area (Å²) in [5.41, 5.74) is 8.28. The minimum Gasteiger partial charge on any atom is -0.492 e. The van der Waals surface area contributed by atoms with Gasteiger partial charge in [-0.1, -0.05) is 30.0 Å². The Kier molecular flexibility index (Phi) is 3.24. The molecule has 2 atom stereocenters. The molecular formula is C14H16N2O2S. The monoisotopic (exact) mass is 276 g/mol. The molecule has 2 unspecified atom stereocenters. The van der Waals surface area contributed by atoms with Crippen LogP contribution in [0.2, 0.25) is 0 Å². The highest BCUT2D eigenvalue weighted by Crippen LogP contribution is 2.38. The van der Waals surface area contributed by atoms with Crippen LogP contribution < -0.4 is 10.5 Å². The van der Waals surface area contributed by atoms with Crippen LogP contribution in [0.5, 0.6) is 5.75 Å². The Hall–Kier alpha value is -1.46. The summed E-state index contributed by atoms with van der Waals surface area (Å²) in [6.07, 6.45) is 0. The van der Waals surface area contributed by atoms with E-state index in [0.717, 1.165) is 22.8 Å². The van der Waals surface area contributed by atoms with E-state index in [4.69, 9.17) is 14.9 Å². The van der Waals surface area contributed by atoms with E-state index in [0.29, 0.717) is 11.8 Å². The molecule has 0 saturated heterocycles. The molecule has 1 aromatic carbocycles. The van der Waals surface area contributed by atoms with Crippen LogP contribution in [-0.4, -0.2) is 16.8 Å². The molecule has 1 aliphatic rings. The molecule has 0 spiro atoms. The van der Waals surface area contributed by atoms with Crippen LogP contribution >= 0.6 is 11.8 Å². The average Bonchev–Trinajstić information content (AvgIpc) is 2.72. The summed E-state index contributed by atoms with van der Waals surface area (Å²) in [5.74, 6) is 1.74. The third kappa shape index (κ3) is 2.35. The zero-order valence-corrected chi connectivity index (χ0v) is 11.7. The number of hydrogen-bond donors (Lipinski definition) is 1. The summed E-state index contributed by atoms with van der Waals surface area (Å²) >= 11 is 1.54. The maximum Gasteiger partial charge on any atom is 0.256 e. The molecule has 100 valence electrons. The highest BCUT2D eigenvalue weighted by atomic mass is 32.2. The van der Waals surface area contributed by atoms with Gasteiger partial charge >= 0.3 is 0 Å². The van der Waals surface area contributed by atoms with Crippen molar-refractivity contribution in [2.75, 3.05) is 6.61 Å². The zero-order valence-electron chi connectivity index (χ0n) is 10.9. The van der Waals surface area contributed by atoms with Gasteiger partial charge in [-0.15, -0.1) is 0 Å². The van der Waals surface area contributed by atoms with Crippen molar-refractivity contribution in [2.45, 2.75) is 30.4 Å². The molecule has 0 bridgehead atoms. The van der Waals surface area contributed by atoms with E-state index in [2.05, 4.69) is 4.98 Å². The van der Waals surface area contributed by atoms with Gasteiger partial charge in [-0.2, -0.15) is 0 Å². The summed E-state index contributed by atoms with van der Waals surface area (Å²) in [6, 6.07) is 7.84. The smallest absolute Gasteiger partial charge is 0.256 e. The first-order valence-corrected chi connectivity index (χ1v) is 7.11. The number of nitrogens with zero attached hydrogens (tertiary/aromatic N) is 1. The van der Waals surface area contributed by atoms with Crippen molar-refractivity contribution in [1.29, 1.82) is 0 Å². The molecule has 0 saturated carbocycles. The molecule has 0 amide bonds. The van der Waals surface area contributed by atoms with Gasteiger partial charge in [0.05, 0.1) is 10.9 Å². The van der Waals surface area contributed by atoms with Gasteiger partial charge in [-0.25, -0.2) is 4.98 Å². The highest BCUT2D eigenvalue weighted by molar-refractivity contribution is 7.99. The number of oxazole rings is 1. The topological polar surface area (TPSA) is 61.3 Å². The lowest BCUT2D eigenvalue weighted by molar-refractivity contribution is 0.274. The Morgan fingerprint density at radius 1 is 1.32 bits per heavy atom. The van der Waals surface area contributed by atoms with Gasteiger partial charge in [0.2, 0.25) is 0 Å². The van der Waals surface area contributed by atoms with Crippen LogP contribution in [0.3, 0.4) is 0 Å². The molecule has 19 heavy (non-hydrogen) atoms. The van der Waals surface area contributed by atoms with Gasteiger partial charge in [0.15, 0.2) is 0 Å². The van der Waals surface area contributed by atoms with Crippen LogP contribution in [0, 0.1) is 13.8 Å². The standard InChI is InChI=1S/C14H16N2O2S/c1-8-9(2)18-14(16-8)19-12-7-17-11-6-4-3-5-10(11)13(12)15/h3-6,12-13H,7,15H2,1-2H3. The van der Waals surface area contributed by atoms with Crippen molar-refractivity contribution in [2.24, 2.45) is 5.73 Å². The first kappa shape index (κ1) is 12.6. The number of para-hydroxylation sites is 1. The second-order valence-corrected chi connectivity index (χ2v) is 5.84. The summed E-state index contributed by atoms with van der Waals surface area (Å²) in [5, 5.41) is 0.783. The van der Waals surface area contributed by atoms with Crippen LogP contribution in [-0.2, 0) is 0 Å². The predicted octanol–water partition coefficient (Wildman–Crippen LogP) is 2.84. The molecule has 5 heteroatoms. The van der Waals surface area contributed by atoms with E-state index in [9.17, 15) is 0 Å². The lowest BCUT2D eigenvalue weighted by Gasteiger charge is -2.29. The molecule has 2 aromatic rings. The molecule has 2 heterocycles. The molecule has 2 N–H and O–H groups in total. The zero-order chi connectivity index (χ0) is 13.4. The average molecular weight is 276 g/mol. The Labute approximate surface area is 116 Å². The minimum absolute atomic E-state index is 0.0672. The first-order chi connectivity index (χ1) is 9.15. The summed E-state index contributed by atoms with van der Waals surface area (Å²) < 4.78 is 11.3. The van der Waals surface area contributed by atoms with Crippen molar-refractivity contribution < 1.29 is 9.15 Å². The fraction of sp³-hybridized carbons (Fsp3) is 0.357. The Bertz CT molecular complexity index is 577. The van der Waals surface area contributed by atoms with Gasteiger partial charge in [0.25, 0.3) is 5.22 Å².